The molecule has 1 saturated heterocycles. The van der Waals surface area contributed by atoms with Crippen LogP contribution in [0.1, 0.15) is 49.3 Å². The van der Waals surface area contributed by atoms with E-state index >= 15 is 0 Å². The summed E-state index contributed by atoms with van der Waals surface area (Å²) in [4.78, 5) is 11.5. The summed E-state index contributed by atoms with van der Waals surface area (Å²) in [5, 5.41) is 7.62. The van der Waals surface area contributed by atoms with Gasteiger partial charge in [0, 0.05) is 23.2 Å². The second-order valence-corrected chi connectivity index (χ2v) is 7.99. The van der Waals surface area contributed by atoms with Crippen molar-refractivity contribution in [3.8, 4) is 0 Å². The Balaban J connectivity index is 1.42. The first-order chi connectivity index (χ1) is 12.7. The lowest BCUT2D eigenvalue weighted by Crippen LogP contribution is -2.25. The topological polar surface area (TPSA) is 41.1 Å². The Bertz CT molecular complexity index is 774. The number of hydrogen-bond acceptors (Lipinski definition) is 2. The van der Waals surface area contributed by atoms with Crippen molar-refractivity contribution in [1.29, 1.82) is 0 Å². The zero-order chi connectivity index (χ0) is 17.9. The molecule has 3 unspecified atom stereocenters. The molecule has 1 heterocycles. The van der Waals surface area contributed by atoms with Gasteiger partial charge in [-0.05, 0) is 67.0 Å². The maximum atomic E-state index is 11.5. The third kappa shape index (κ3) is 4.04. The number of carbonyl (C=O) groups excluding carboxylic acids is 1. The van der Waals surface area contributed by atoms with Crippen molar-refractivity contribution in [2.45, 2.75) is 50.6 Å². The normalized spacial score (nSPS) is 25.3. The summed E-state index contributed by atoms with van der Waals surface area (Å²) >= 11 is 6.00. The van der Waals surface area contributed by atoms with E-state index < -0.39 is 0 Å². The molecule has 3 atom stereocenters. The van der Waals surface area contributed by atoms with E-state index in [1.807, 2.05) is 12.1 Å². The third-order valence-electron chi connectivity index (χ3n) is 5.71. The third-order valence-corrected chi connectivity index (χ3v) is 5.96. The minimum Gasteiger partial charge on any atom is -0.382 e. The first kappa shape index (κ1) is 17.4. The van der Waals surface area contributed by atoms with Gasteiger partial charge >= 0.3 is 0 Å². The number of nitrogens with one attached hydrogen (secondary N) is 2. The van der Waals surface area contributed by atoms with Gasteiger partial charge in [0.15, 0.2) is 0 Å². The van der Waals surface area contributed by atoms with Crippen molar-refractivity contribution >= 4 is 23.2 Å². The van der Waals surface area contributed by atoms with Crippen molar-refractivity contribution < 1.29 is 4.79 Å². The van der Waals surface area contributed by atoms with Gasteiger partial charge in [-0.1, -0.05) is 42.3 Å². The van der Waals surface area contributed by atoms with Crippen LogP contribution in [0.5, 0.6) is 0 Å². The lowest BCUT2D eigenvalue weighted by atomic mass is 9.94. The molecule has 2 aromatic carbocycles. The highest BCUT2D eigenvalue weighted by atomic mass is 35.5. The van der Waals surface area contributed by atoms with Crippen LogP contribution >= 0.6 is 11.6 Å². The molecule has 136 valence electrons. The van der Waals surface area contributed by atoms with Crippen molar-refractivity contribution in [3.63, 3.8) is 0 Å². The van der Waals surface area contributed by atoms with Crippen LogP contribution in [0.25, 0.3) is 0 Å². The van der Waals surface area contributed by atoms with E-state index in [1.54, 1.807) is 0 Å². The number of rotatable bonds is 5. The molecule has 2 fully saturated rings. The van der Waals surface area contributed by atoms with Crippen LogP contribution < -0.4 is 10.6 Å². The van der Waals surface area contributed by atoms with Gasteiger partial charge in [0.05, 0.1) is 6.04 Å². The van der Waals surface area contributed by atoms with Gasteiger partial charge < -0.3 is 10.6 Å². The van der Waals surface area contributed by atoms with Crippen molar-refractivity contribution in [2.24, 2.45) is 5.92 Å². The molecule has 1 aliphatic heterocycles. The molecule has 26 heavy (non-hydrogen) atoms. The van der Waals surface area contributed by atoms with Crippen LogP contribution in [0.2, 0.25) is 5.02 Å². The van der Waals surface area contributed by atoms with Gasteiger partial charge in [0.25, 0.3) is 0 Å². The second kappa shape index (κ2) is 7.71. The van der Waals surface area contributed by atoms with Crippen LogP contribution in [0.15, 0.2) is 48.5 Å². The van der Waals surface area contributed by atoms with Gasteiger partial charge in [0.1, 0.15) is 0 Å². The molecular formula is C22H25ClN2O. The van der Waals surface area contributed by atoms with Gasteiger partial charge in [-0.15, -0.1) is 0 Å². The average molecular weight is 369 g/mol. The number of anilines is 1. The molecule has 1 amide bonds. The largest absolute Gasteiger partial charge is 0.382 e. The summed E-state index contributed by atoms with van der Waals surface area (Å²) in [5.41, 5.74) is 3.72. The Morgan fingerprint density at radius 1 is 1.08 bits per heavy atom. The summed E-state index contributed by atoms with van der Waals surface area (Å²) < 4.78 is 0. The van der Waals surface area contributed by atoms with E-state index in [9.17, 15) is 4.79 Å². The molecule has 0 bridgehead atoms. The van der Waals surface area contributed by atoms with Crippen molar-refractivity contribution in [1.82, 2.24) is 5.32 Å². The fourth-order valence-electron chi connectivity index (χ4n) is 4.32. The van der Waals surface area contributed by atoms with Gasteiger partial charge in [0.2, 0.25) is 5.91 Å². The molecule has 0 spiro atoms. The summed E-state index contributed by atoms with van der Waals surface area (Å²) in [6.45, 7) is 0. The van der Waals surface area contributed by atoms with E-state index in [0.717, 1.165) is 23.6 Å². The highest BCUT2D eigenvalue weighted by Crippen LogP contribution is 2.33. The molecule has 0 radical (unpaired) electrons. The van der Waals surface area contributed by atoms with Crippen molar-refractivity contribution in [3.05, 3.63) is 64.7 Å². The van der Waals surface area contributed by atoms with E-state index in [1.165, 1.54) is 30.4 Å². The molecule has 1 saturated carbocycles. The van der Waals surface area contributed by atoms with Crippen LogP contribution in [0.4, 0.5) is 5.69 Å². The zero-order valence-electron chi connectivity index (χ0n) is 14.9. The average Bonchev–Trinajstić information content (AvgIpc) is 3.26. The fourth-order valence-corrected chi connectivity index (χ4v) is 4.44. The molecule has 3 nitrogen and oxygen atoms in total. The van der Waals surface area contributed by atoms with E-state index in [4.69, 9.17) is 11.6 Å². The maximum absolute atomic E-state index is 11.5. The smallest absolute Gasteiger partial charge is 0.220 e. The minimum absolute atomic E-state index is 0.159. The Kier molecular flexibility index (Phi) is 5.16. The van der Waals surface area contributed by atoms with Gasteiger partial charge in [-0.2, -0.15) is 0 Å². The standard InChI is InChI=1S/C22H25ClN2O/c23-18-9-7-15(8-10-18)13-16-4-2-6-20(16)24-19-5-1-3-17(14-19)21-11-12-22(26)25-21/h1,3,5,7-10,14,16,20-21,24H,2,4,6,11-13H2,(H,25,26). The predicted molar refractivity (Wildman–Crippen MR) is 106 cm³/mol. The monoisotopic (exact) mass is 368 g/mol. The van der Waals surface area contributed by atoms with Crippen LogP contribution in [-0.4, -0.2) is 11.9 Å². The molecule has 4 rings (SSSR count). The van der Waals surface area contributed by atoms with Gasteiger partial charge in [-0.3, -0.25) is 4.79 Å². The molecular weight excluding hydrogens is 344 g/mol. The number of hydrogen-bond donors (Lipinski definition) is 2. The van der Waals surface area contributed by atoms with E-state index in [-0.39, 0.29) is 11.9 Å². The predicted octanol–water partition coefficient (Wildman–Crippen LogP) is 5.11. The van der Waals surface area contributed by atoms with E-state index in [0.29, 0.717) is 18.4 Å². The zero-order valence-corrected chi connectivity index (χ0v) is 15.6. The first-order valence-corrected chi connectivity index (χ1v) is 9.95. The maximum Gasteiger partial charge on any atom is 0.220 e. The fraction of sp³-hybridized carbons (Fsp3) is 0.409. The molecule has 2 N–H and O–H groups in total. The quantitative estimate of drug-likeness (QED) is 0.769. The lowest BCUT2D eigenvalue weighted by molar-refractivity contribution is -0.119. The molecule has 4 heteroatoms. The molecule has 2 aliphatic rings. The first-order valence-electron chi connectivity index (χ1n) is 9.58. The van der Waals surface area contributed by atoms with Crippen LogP contribution in [0, 0.1) is 5.92 Å². The Morgan fingerprint density at radius 2 is 1.92 bits per heavy atom. The highest BCUT2D eigenvalue weighted by Gasteiger charge is 2.28. The number of amides is 1. The van der Waals surface area contributed by atoms with E-state index in [2.05, 4.69) is 47.0 Å². The lowest BCUT2D eigenvalue weighted by Gasteiger charge is -2.23. The highest BCUT2D eigenvalue weighted by molar-refractivity contribution is 6.30. The van der Waals surface area contributed by atoms with Crippen molar-refractivity contribution in [2.75, 3.05) is 5.32 Å². The molecule has 1 aliphatic carbocycles. The summed E-state index contributed by atoms with van der Waals surface area (Å²) in [6.07, 6.45) is 6.36. The second-order valence-electron chi connectivity index (χ2n) is 7.56. The van der Waals surface area contributed by atoms with Crippen LogP contribution in [0.3, 0.4) is 0 Å². The Hall–Kier alpha value is -2.00. The Morgan fingerprint density at radius 3 is 2.69 bits per heavy atom. The number of carbonyl (C=O) groups is 1. The molecule has 2 aromatic rings. The molecule has 0 aromatic heterocycles. The summed E-state index contributed by atoms with van der Waals surface area (Å²) in [5.74, 6) is 0.804. The van der Waals surface area contributed by atoms with Crippen LogP contribution in [-0.2, 0) is 11.2 Å². The van der Waals surface area contributed by atoms with Gasteiger partial charge in [-0.25, -0.2) is 0 Å². The number of benzene rings is 2. The SMILES string of the molecule is O=C1CCC(c2cccc(NC3CCCC3Cc3ccc(Cl)cc3)c2)N1. The summed E-state index contributed by atoms with van der Waals surface area (Å²) in [7, 11) is 0. The minimum atomic E-state index is 0.159. The Labute approximate surface area is 160 Å². The number of halogens is 1. The summed E-state index contributed by atoms with van der Waals surface area (Å²) in [6, 6.07) is 17.4.